The second-order valence-electron chi connectivity index (χ2n) is 17.6. The minimum atomic E-state index is -0.859. The second-order valence-corrected chi connectivity index (χ2v) is 17.6. The molecule has 0 radical (unpaired) electrons. The number of rotatable bonds is 7. The zero-order valence-electron chi connectivity index (χ0n) is 35.8. The van der Waals surface area contributed by atoms with Crippen LogP contribution in [0.4, 0.5) is 0 Å². The van der Waals surface area contributed by atoms with E-state index in [-0.39, 0.29) is 57.5 Å². The van der Waals surface area contributed by atoms with E-state index >= 15 is 0 Å². The van der Waals surface area contributed by atoms with Crippen molar-refractivity contribution in [2.24, 2.45) is 0 Å². The number of fused-ring (bicyclic) bond motifs is 3. The number of ether oxygens (including phenoxy) is 2. The molecule has 0 unspecified atom stereocenters. The first-order chi connectivity index (χ1) is 32.8. The summed E-state index contributed by atoms with van der Waals surface area (Å²) in [5.41, 5.74) is 6.91. The maximum absolute atomic E-state index is 12.1. The van der Waals surface area contributed by atoms with Gasteiger partial charge in [0.25, 0.3) is 0 Å². The molecule has 0 spiro atoms. The van der Waals surface area contributed by atoms with Crippen LogP contribution in [0.2, 0.25) is 0 Å². The van der Waals surface area contributed by atoms with Crippen LogP contribution in [-0.4, -0.2) is 51.1 Å². The van der Waals surface area contributed by atoms with E-state index in [1.54, 1.807) is 97.1 Å². The lowest BCUT2D eigenvalue weighted by Gasteiger charge is -2.31. The van der Waals surface area contributed by atoms with Gasteiger partial charge in [-0.15, -0.1) is 0 Å². The van der Waals surface area contributed by atoms with Crippen molar-refractivity contribution < 1.29 is 60.5 Å². The molecule has 11 rings (SSSR count). The van der Waals surface area contributed by atoms with E-state index < -0.39 is 35.9 Å². The summed E-state index contributed by atoms with van der Waals surface area (Å²) in [7, 11) is 0. The van der Waals surface area contributed by atoms with Crippen molar-refractivity contribution in [3.05, 3.63) is 212 Å². The summed E-state index contributed by atoms with van der Waals surface area (Å²) in [6.45, 7) is 0. The van der Waals surface area contributed by atoms with Crippen LogP contribution in [0, 0.1) is 0 Å². The van der Waals surface area contributed by atoms with Crippen LogP contribution in [0.5, 0.6) is 69.0 Å². The molecule has 0 aromatic heterocycles. The van der Waals surface area contributed by atoms with Crippen molar-refractivity contribution >= 4 is 12.2 Å². The van der Waals surface area contributed by atoms with Crippen molar-refractivity contribution in [3.63, 3.8) is 0 Å². The second kappa shape index (κ2) is 15.9. The number of hydrogen-bond donors (Lipinski definition) is 10. The molecule has 0 bridgehead atoms. The van der Waals surface area contributed by atoms with Crippen molar-refractivity contribution in [2.75, 3.05) is 0 Å². The van der Waals surface area contributed by atoms with Gasteiger partial charge in [0.15, 0.2) is 0 Å². The van der Waals surface area contributed by atoms with Gasteiger partial charge in [0.05, 0.1) is 11.8 Å². The predicted octanol–water partition coefficient (Wildman–Crippen LogP) is 10.7. The quantitative estimate of drug-likeness (QED) is 0.0675. The van der Waals surface area contributed by atoms with Crippen LogP contribution in [-0.2, 0) is 0 Å². The smallest absolute Gasteiger partial charge is 0.135 e. The molecule has 0 fully saturated rings. The molecule has 8 aromatic carbocycles. The van der Waals surface area contributed by atoms with E-state index in [4.69, 9.17) is 9.47 Å². The van der Waals surface area contributed by atoms with Crippen molar-refractivity contribution in [1.82, 2.24) is 0 Å². The van der Waals surface area contributed by atoms with Crippen LogP contribution in [0.15, 0.2) is 146 Å². The van der Waals surface area contributed by atoms with Crippen LogP contribution in [0.25, 0.3) is 12.2 Å². The Morgan fingerprint density at radius 2 is 0.809 bits per heavy atom. The van der Waals surface area contributed by atoms with Gasteiger partial charge < -0.3 is 60.5 Å². The molecular weight excluding hydrogens is 865 g/mol. The van der Waals surface area contributed by atoms with Gasteiger partial charge in [-0.3, -0.25) is 0 Å². The fourth-order valence-electron chi connectivity index (χ4n) is 10.6. The van der Waals surface area contributed by atoms with E-state index in [9.17, 15) is 51.1 Å². The Hall–Kier alpha value is -8.90. The minimum Gasteiger partial charge on any atom is -0.508 e. The highest BCUT2D eigenvalue weighted by Crippen LogP contribution is 2.63. The van der Waals surface area contributed by atoms with Crippen molar-refractivity contribution in [2.45, 2.75) is 35.9 Å². The van der Waals surface area contributed by atoms with E-state index in [1.807, 2.05) is 0 Å². The van der Waals surface area contributed by atoms with E-state index in [1.165, 1.54) is 60.7 Å². The Labute approximate surface area is 388 Å². The van der Waals surface area contributed by atoms with Gasteiger partial charge in [0.2, 0.25) is 0 Å². The highest BCUT2D eigenvalue weighted by Gasteiger charge is 2.48. The highest BCUT2D eigenvalue weighted by molar-refractivity contribution is 5.77. The third-order valence-corrected chi connectivity index (χ3v) is 13.4. The molecule has 2 aliphatic heterocycles. The highest BCUT2D eigenvalue weighted by atomic mass is 16.5. The summed E-state index contributed by atoms with van der Waals surface area (Å²) in [6.07, 6.45) is 2.15. The van der Waals surface area contributed by atoms with Crippen LogP contribution >= 0.6 is 0 Å². The molecule has 8 aromatic rings. The number of phenolic OH excluding ortho intramolecular Hbond substituents is 10. The lowest BCUT2D eigenvalue weighted by Crippen LogP contribution is -2.16. The zero-order chi connectivity index (χ0) is 47.1. The lowest BCUT2D eigenvalue weighted by atomic mass is 9.72. The first-order valence-electron chi connectivity index (χ1n) is 21.8. The molecule has 1 aliphatic carbocycles. The summed E-state index contributed by atoms with van der Waals surface area (Å²) < 4.78 is 13.2. The number of hydrogen-bond acceptors (Lipinski definition) is 12. The molecule has 0 saturated carbocycles. The average molecular weight is 907 g/mol. The first kappa shape index (κ1) is 41.8. The Balaban J connectivity index is 1.10. The van der Waals surface area contributed by atoms with Gasteiger partial charge in [-0.1, -0.05) is 54.6 Å². The number of benzene rings is 8. The van der Waals surface area contributed by atoms with Gasteiger partial charge >= 0.3 is 0 Å². The zero-order valence-corrected chi connectivity index (χ0v) is 35.8. The standard InChI is InChI=1S/C56H42O12/c57-33-10-4-28(5-11-33)49-51(42-23-40(64)26-47-53(42)54(43-22-39(63)24-45(66)52(43)49)56(68-47)30-8-14-35(59)15-9-30)41-17-27(2-16-44(41)65)1-3-31-18-38(62)25-46-48(31)50(32-19-36(60)21-37(61)20-32)55(67-46)29-6-12-34(58)13-7-29/h1-26,49-51,54-66H/b3-1+/t49-,50-,51+,54-,55-,56+/m0/s1. The third-order valence-electron chi connectivity index (χ3n) is 13.4. The maximum Gasteiger partial charge on any atom is 0.135 e. The molecule has 2 heterocycles. The molecule has 12 nitrogen and oxygen atoms in total. The molecule has 68 heavy (non-hydrogen) atoms. The molecular formula is C56H42O12. The van der Waals surface area contributed by atoms with Crippen molar-refractivity contribution in [3.8, 4) is 69.0 Å². The topological polar surface area (TPSA) is 221 Å². The normalized spacial score (nSPS) is 19.9. The Kier molecular flexibility index (Phi) is 9.78. The number of aromatic hydroxyl groups is 10. The monoisotopic (exact) mass is 906 g/mol. The fourth-order valence-corrected chi connectivity index (χ4v) is 10.6. The van der Waals surface area contributed by atoms with Gasteiger partial charge in [-0.25, -0.2) is 0 Å². The Morgan fingerprint density at radius 1 is 0.309 bits per heavy atom. The van der Waals surface area contributed by atoms with Gasteiger partial charge in [-0.05, 0) is 123 Å². The largest absolute Gasteiger partial charge is 0.508 e. The minimum absolute atomic E-state index is 0.00509. The molecule has 3 aliphatic rings. The molecule has 0 saturated heterocycles. The fraction of sp³-hybridized carbons (Fsp3) is 0.107. The van der Waals surface area contributed by atoms with E-state index in [0.29, 0.717) is 78.3 Å². The molecule has 6 atom stereocenters. The van der Waals surface area contributed by atoms with Crippen LogP contribution < -0.4 is 9.47 Å². The molecule has 0 amide bonds. The van der Waals surface area contributed by atoms with Crippen molar-refractivity contribution in [1.29, 1.82) is 0 Å². The van der Waals surface area contributed by atoms with Gasteiger partial charge in [0, 0.05) is 58.4 Å². The molecule has 338 valence electrons. The van der Waals surface area contributed by atoms with Crippen LogP contribution in [0.1, 0.15) is 103 Å². The summed E-state index contributed by atoms with van der Waals surface area (Å²) in [4.78, 5) is 0. The Morgan fingerprint density at radius 3 is 1.41 bits per heavy atom. The predicted molar refractivity (Wildman–Crippen MR) is 251 cm³/mol. The van der Waals surface area contributed by atoms with Gasteiger partial charge in [-0.2, -0.15) is 0 Å². The third kappa shape index (κ3) is 7.10. The maximum atomic E-state index is 12.1. The summed E-state index contributed by atoms with van der Waals surface area (Å²) in [6, 6.07) is 38.0. The van der Waals surface area contributed by atoms with Gasteiger partial charge in [0.1, 0.15) is 81.2 Å². The number of phenols is 10. The summed E-state index contributed by atoms with van der Waals surface area (Å²) >= 11 is 0. The first-order valence-corrected chi connectivity index (χ1v) is 21.8. The Bertz CT molecular complexity index is 3310. The SMILES string of the molecule is Oc1ccc([C@@H]2c3c(O)cc(O)cc3[C@H]3c4c(cc(O)cc4[C@H]2c2cc(/C=C/c4cc(O)cc5c4[C@H](c4cc(O)cc(O)c4)[C@H](c4ccc(O)cc4)O5)ccc2O)O[C@@H]3c2ccc(O)cc2)cc1. The van der Waals surface area contributed by atoms with Crippen LogP contribution in [0.3, 0.4) is 0 Å². The van der Waals surface area contributed by atoms with E-state index in [2.05, 4.69) is 0 Å². The molecule has 12 heteroatoms. The average Bonchev–Trinajstić information content (AvgIpc) is 3.84. The van der Waals surface area contributed by atoms with E-state index in [0.717, 1.165) is 0 Å². The lowest BCUT2D eigenvalue weighted by molar-refractivity contribution is 0.221. The molecule has 10 N–H and O–H groups in total. The summed E-state index contributed by atoms with van der Waals surface area (Å²) in [5.74, 6) is -3.17. The summed E-state index contributed by atoms with van der Waals surface area (Å²) in [5, 5.41) is 110.